The molecule has 0 atom stereocenters. The lowest BCUT2D eigenvalue weighted by molar-refractivity contribution is 0.118. The maximum atomic E-state index is 9.28. The van der Waals surface area contributed by atoms with Crippen molar-refractivity contribution < 1.29 is 5.11 Å². The maximum absolute atomic E-state index is 9.28. The fourth-order valence-electron chi connectivity index (χ4n) is 1.67. The molecular weight excluding hydrogens is 148 g/mol. The first-order chi connectivity index (χ1) is 5.68. The van der Waals surface area contributed by atoms with E-state index in [0.29, 0.717) is 5.92 Å². The van der Waals surface area contributed by atoms with Crippen LogP contribution in [0.4, 0.5) is 0 Å². The largest absolute Gasteiger partial charge is 0.393 e. The van der Waals surface area contributed by atoms with Crippen LogP contribution in [0.3, 0.4) is 0 Å². The molecule has 0 bridgehead atoms. The highest BCUT2D eigenvalue weighted by Gasteiger charge is 2.16. The van der Waals surface area contributed by atoms with E-state index in [4.69, 9.17) is 0 Å². The Balaban J connectivity index is 2.26. The van der Waals surface area contributed by atoms with E-state index in [1.54, 1.807) is 0 Å². The van der Waals surface area contributed by atoms with Crippen LogP contribution >= 0.6 is 0 Å². The quantitative estimate of drug-likeness (QED) is 0.629. The summed E-state index contributed by atoms with van der Waals surface area (Å²) in [6, 6.07) is 0. The monoisotopic (exact) mass is 168 g/mol. The zero-order valence-corrected chi connectivity index (χ0v) is 8.16. The van der Waals surface area contributed by atoms with Crippen LogP contribution in [0.25, 0.3) is 0 Å². The minimum Gasteiger partial charge on any atom is -0.393 e. The predicted octanol–water partition coefficient (Wildman–Crippen LogP) is 2.75. The van der Waals surface area contributed by atoms with Gasteiger partial charge in [0.1, 0.15) is 0 Å². The molecule has 1 fully saturated rings. The van der Waals surface area contributed by atoms with Crippen molar-refractivity contribution in [2.24, 2.45) is 11.8 Å². The van der Waals surface area contributed by atoms with Crippen LogP contribution in [0.2, 0.25) is 0 Å². The Kier molecular flexibility index (Phi) is 3.80. The smallest absolute Gasteiger partial charge is 0.0540 e. The SMILES string of the molecule is CC(C)C=CC1CCC(O)CC1. The van der Waals surface area contributed by atoms with Gasteiger partial charge >= 0.3 is 0 Å². The number of allylic oxidation sites excluding steroid dienone is 2. The number of aliphatic hydroxyl groups excluding tert-OH is 1. The molecule has 0 radical (unpaired) electrons. The molecule has 12 heavy (non-hydrogen) atoms. The molecule has 1 rings (SSSR count). The lowest BCUT2D eigenvalue weighted by Gasteiger charge is -2.22. The average molecular weight is 168 g/mol. The molecule has 0 aliphatic heterocycles. The zero-order valence-electron chi connectivity index (χ0n) is 8.16. The standard InChI is InChI=1S/C11H20O/c1-9(2)3-4-10-5-7-11(12)8-6-10/h3-4,9-12H,5-8H2,1-2H3. The van der Waals surface area contributed by atoms with Crippen molar-refractivity contribution in [3.8, 4) is 0 Å². The van der Waals surface area contributed by atoms with Gasteiger partial charge in [-0.2, -0.15) is 0 Å². The van der Waals surface area contributed by atoms with Crippen LogP contribution in [0.1, 0.15) is 39.5 Å². The van der Waals surface area contributed by atoms with Gasteiger partial charge in [0.2, 0.25) is 0 Å². The van der Waals surface area contributed by atoms with E-state index in [9.17, 15) is 5.11 Å². The topological polar surface area (TPSA) is 20.2 Å². The van der Waals surface area contributed by atoms with Gasteiger partial charge < -0.3 is 5.11 Å². The van der Waals surface area contributed by atoms with Crippen molar-refractivity contribution in [1.82, 2.24) is 0 Å². The highest BCUT2D eigenvalue weighted by atomic mass is 16.3. The summed E-state index contributed by atoms with van der Waals surface area (Å²) in [6.45, 7) is 4.41. The molecule has 0 aromatic heterocycles. The van der Waals surface area contributed by atoms with Crippen LogP contribution in [0.15, 0.2) is 12.2 Å². The van der Waals surface area contributed by atoms with E-state index >= 15 is 0 Å². The first kappa shape index (κ1) is 9.79. The van der Waals surface area contributed by atoms with Crippen LogP contribution in [-0.4, -0.2) is 11.2 Å². The van der Waals surface area contributed by atoms with Crippen LogP contribution < -0.4 is 0 Å². The first-order valence-electron chi connectivity index (χ1n) is 5.05. The second-order valence-electron chi connectivity index (χ2n) is 4.20. The van der Waals surface area contributed by atoms with Gasteiger partial charge in [0.15, 0.2) is 0 Å². The maximum Gasteiger partial charge on any atom is 0.0540 e. The molecule has 1 aliphatic rings. The Morgan fingerprint density at radius 1 is 1.17 bits per heavy atom. The van der Waals surface area contributed by atoms with Gasteiger partial charge in [-0.3, -0.25) is 0 Å². The van der Waals surface area contributed by atoms with Crippen molar-refractivity contribution in [2.45, 2.75) is 45.6 Å². The fourth-order valence-corrected chi connectivity index (χ4v) is 1.67. The van der Waals surface area contributed by atoms with Gasteiger partial charge in [0.25, 0.3) is 0 Å². The van der Waals surface area contributed by atoms with Crippen molar-refractivity contribution in [2.75, 3.05) is 0 Å². The van der Waals surface area contributed by atoms with Crippen molar-refractivity contribution in [3.05, 3.63) is 12.2 Å². The fraction of sp³-hybridized carbons (Fsp3) is 0.818. The van der Waals surface area contributed by atoms with Gasteiger partial charge in [-0.1, -0.05) is 26.0 Å². The van der Waals surface area contributed by atoms with Crippen LogP contribution in [0.5, 0.6) is 0 Å². The average Bonchev–Trinajstić information content (AvgIpc) is 2.03. The molecular formula is C11H20O. The van der Waals surface area contributed by atoms with Crippen LogP contribution in [-0.2, 0) is 0 Å². The normalized spacial score (nSPS) is 31.7. The summed E-state index contributed by atoms with van der Waals surface area (Å²) < 4.78 is 0. The Hall–Kier alpha value is -0.300. The van der Waals surface area contributed by atoms with Gasteiger partial charge in [0.05, 0.1) is 6.10 Å². The molecule has 1 N–H and O–H groups in total. The van der Waals surface area contributed by atoms with Crippen molar-refractivity contribution >= 4 is 0 Å². The summed E-state index contributed by atoms with van der Waals surface area (Å²) in [5, 5.41) is 9.28. The Morgan fingerprint density at radius 2 is 1.75 bits per heavy atom. The third-order valence-electron chi connectivity index (χ3n) is 2.51. The molecule has 0 heterocycles. The Bertz CT molecular complexity index is 141. The number of rotatable bonds is 2. The number of aliphatic hydroxyl groups is 1. The molecule has 70 valence electrons. The third-order valence-corrected chi connectivity index (χ3v) is 2.51. The highest BCUT2D eigenvalue weighted by Crippen LogP contribution is 2.25. The van der Waals surface area contributed by atoms with E-state index in [1.165, 1.54) is 12.8 Å². The molecule has 0 spiro atoms. The van der Waals surface area contributed by atoms with Crippen molar-refractivity contribution in [1.29, 1.82) is 0 Å². The molecule has 0 aromatic carbocycles. The molecule has 0 aromatic rings. The van der Waals surface area contributed by atoms with Crippen molar-refractivity contribution in [3.63, 3.8) is 0 Å². The van der Waals surface area contributed by atoms with E-state index in [-0.39, 0.29) is 6.10 Å². The summed E-state index contributed by atoms with van der Waals surface area (Å²) in [7, 11) is 0. The summed E-state index contributed by atoms with van der Waals surface area (Å²) in [4.78, 5) is 0. The minimum atomic E-state index is -0.0197. The molecule has 1 saturated carbocycles. The Morgan fingerprint density at radius 3 is 2.25 bits per heavy atom. The van der Waals surface area contributed by atoms with Gasteiger partial charge in [0, 0.05) is 0 Å². The molecule has 1 aliphatic carbocycles. The molecule has 0 amide bonds. The second kappa shape index (κ2) is 4.66. The summed E-state index contributed by atoms with van der Waals surface area (Å²) in [5.41, 5.74) is 0. The zero-order chi connectivity index (χ0) is 8.97. The number of hydrogen-bond donors (Lipinski definition) is 1. The lowest BCUT2D eigenvalue weighted by Crippen LogP contribution is -2.16. The summed E-state index contributed by atoms with van der Waals surface area (Å²) in [5.74, 6) is 1.40. The second-order valence-corrected chi connectivity index (χ2v) is 4.20. The highest BCUT2D eigenvalue weighted by molar-refractivity contribution is 4.92. The number of hydrogen-bond acceptors (Lipinski definition) is 1. The van der Waals surface area contributed by atoms with Gasteiger partial charge in [-0.15, -0.1) is 0 Å². The lowest BCUT2D eigenvalue weighted by atomic mass is 9.87. The minimum absolute atomic E-state index is 0.0197. The summed E-state index contributed by atoms with van der Waals surface area (Å²) in [6.07, 6.45) is 8.92. The molecule has 1 heteroatoms. The van der Waals surface area contributed by atoms with Gasteiger partial charge in [-0.05, 0) is 37.5 Å². The summed E-state index contributed by atoms with van der Waals surface area (Å²) >= 11 is 0. The predicted molar refractivity (Wildman–Crippen MR) is 51.9 cm³/mol. The third kappa shape index (κ3) is 3.40. The molecule has 0 saturated heterocycles. The van der Waals surface area contributed by atoms with E-state index in [0.717, 1.165) is 18.8 Å². The van der Waals surface area contributed by atoms with E-state index < -0.39 is 0 Å². The molecule has 0 unspecified atom stereocenters. The van der Waals surface area contributed by atoms with E-state index in [2.05, 4.69) is 26.0 Å². The first-order valence-corrected chi connectivity index (χ1v) is 5.05. The van der Waals surface area contributed by atoms with Gasteiger partial charge in [-0.25, -0.2) is 0 Å². The molecule has 1 nitrogen and oxygen atoms in total. The van der Waals surface area contributed by atoms with Crippen LogP contribution in [0, 0.1) is 11.8 Å². The van der Waals surface area contributed by atoms with E-state index in [1.807, 2.05) is 0 Å². The Labute approximate surface area is 75.5 Å².